The van der Waals surface area contributed by atoms with Gasteiger partial charge in [0.05, 0.1) is 0 Å². The predicted octanol–water partition coefficient (Wildman–Crippen LogP) is 2.91. The average Bonchev–Trinajstić information content (AvgIpc) is 2.42. The van der Waals surface area contributed by atoms with Crippen molar-refractivity contribution < 1.29 is 0 Å². The molecular formula is C11H23N. The van der Waals surface area contributed by atoms with Crippen LogP contribution in [-0.4, -0.2) is 23.5 Å². The molecule has 0 saturated carbocycles. The number of likely N-dealkylation sites (tertiary alicyclic amines) is 1. The van der Waals surface area contributed by atoms with Crippen molar-refractivity contribution in [3.05, 3.63) is 0 Å². The Hall–Kier alpha value is -0.0400. The van der Waals surface area contributed by atoms with E-state index in [0.29, 0.717) is 5.54 Å². The zero-order chi connectivity index (χ0) is 9.19. The molecule has 1 rings (SSSR count). The van der Waals surface area contributed by atoms with Gasteiger partial charge in [-0.15, -0.1) is 0 Å². The van der Waals surface area contributed by atoms with E-state index in [9.17, 15) is 0 Å². The summed E-state index contributed by atoms with van der Waals surface area (Å²) in [5.41, 5.74) is 0.536. The minimum atomic E-state index is 0.536. The Morgan fingerprint density at radius 1 is 1.25 bits per heavy atom. The summed E-state index contributed by atoms with van der Waals surface area (Å²) in [7, 11) is 0. The van der Waals surface area contributed by atoms with Gasteiger partial charge in [0.2, 0.25) is 0 Å². The van der Waals surface area contributed by atoms with E-state index in [1.165, 1.54) is 32.4 Å². The molecule has 12 heavy (non-hydrogen) atoms. The minimum Gasteiger partial charge on any atom is -0.298 e. The summed E-state index contributed by atoms with van der Waals surface area (Å²) in [6.45, 7) is 11.9. The molecule has 1 atom stereocenters. The molecule has 1 unspecified atom stereocenters. The lowest BCUT2D eigenvalue weighted by atomic mass is 9.81. The first kappa shape index (κ1) is 10.0. The third-order valence-corrected chi connectivity index (χ3v) is 3.99. The molecule has 0 N–H and O–H groups in total. The highest BCUT2D eigenvalue weighted by Gasteiger charge is 2.42. The van der Waals surface area contributed by atoms with E-state index in [4.69, 9.17) is 0 Å². The molecule has 72 valence electrons. The van der Waals surface area contributed by atoms with Crippen LogP contribution in [-0.2, 0) is 0 Å². The Kier molecular flexibility index (Phi) is 3.16. The van der Waals surface area contributed by atoms with Crippen LogP contribution < -0.4 is 0 Å². The highest BCUT2D eigenvalue weighted by Crippen LogP contribution is 2.39. The van der Waals surface area contributed by atoms with Crippen molar-refractivity contribution in [1.82, 2.24) is 4.90 Å². The summed E-state index contributed by atoms with van der Waals surface area (Å²) in [6, 6.07) is 0. The fourth-order valence-corrected chi connectivity index (χ4v) is 3.02. The Labute approximate surface area is 77.1 Å². The number of hydrogen-bond acceptors (Lipinski definition) is 1. The van der Waals surface area contributed by atoms with E-state index < -0.39 is 0 Å². The molecule has 0 aromatic carbocycles. The van der Waals surface area contributed by atoms with Gasteiger partial charge in [0, 0.05) is 5.54 Å². The lowest BCUT2D eigenvalue weighted by Gasteiger charge is -2.40. The molecule has 0 spiro atoms. The Morgan fingerprint density at radius 2 is 1.83 bits per heavy atom. The summed E-state index contributed by atoms with van der Waals surface area (Å²) < 4.78 is 0. The van der Waals surface area contributed by atoms with Gasteiger partial charge in [0.1, 0.15) is 0 Å². The molecule has 0 aromatic rings. The van der Waals surface area contributed by atoms with E-state index >= 15 is 0 Å². The molecule has 1 heteroatoms. The van der Waals surface area contributed by atoms with Crippen LogP contribution in [0.3, 0.4) is 0 Å². The molecule has 0 amide bonds. The molecule has 0 aliphatic carbocycles. The van der Waals surface area contributed by atoms with Gasteiger partial charge in [0.15, 0.2) is 0 Å². The van der Waals surface area contributed by atoms with Gasteiger partial charge in [0.25, 0.3) is 0 Å². The second-order valence-corrected chi connectivity index (χ2v) is 4.08. The van der Waals surface area contributed by atoms with Gasteiger partial charge < -0.3 is 0 Å². The van der Waals surface area contributed by atoms with E-state index in [2.05, 4.69) is 32.6 Å². The highest BCUT2D eigenvalue weighted by molar-refractivity contribution is 4.97. The van der Waals surface area contributed by atoms with Crippen LogP contribution in [0.5, 0.6) is 0 Å². The molecule has 1 nitrogen and oxygen atoms in total. The topological polar surface area (TPSA) is 3.24 Å². The van der Waals surface area contributed by atoms with E-state index in [1.807, 2.05) is 0 Å². The third kappa shape index (κ3) is 1.28. The van der Waals surface area contributed by atoms with Crippen LogP contribution in [0.1, 0.15) is 47.0 Å². The van der Waals surface area contributed by atoms with Gasteiger partial charge in [-0.1, -0.05) is 27.7 Å². The van der Waals surface area contributed by atoms with Crippen LogP contribution in [0.2, 0.25) is 0 Å². The van der Waals surface area contributed by atoms with Gasteiger partial charge in [-0.05, 0) is 38.3 Å². The summed E-state index contributed by atoms with van der Waals surface area (Å²) in [5, 5.41) is 0. The van der Waals surface area contributed by atoms with Gasteiger partial charge >= 0.3 is 0 Å². The SMILES string of the molecule is CCN1CCC(C)C1(CC)CC. The lowest BCUT2D eigenvalue weighted by Crippen LogP contribution is -2.46. The zero-order valence-electron chi connectivity index (χ0n) is 9.06. The number of nitrogens with zero attached hydrogens (tertiary/aromatic N) is 1. The maximum Gasteiger partial charge on any atom is 0.0230 e. The molecule has 1 aliphatic rings. The van der Waals surface area contributed by atoms with Crippen molar-refractivity contribution >= 4 is 0 Å². The molecule has 1 aliphatic heterocycles. The maximum absolute atomic E-state index is 2.68. The fourth-order valence-electron chi connectivity index (χ4n) is 3.02. The summed E-state index contributed by atoms with van der Waals surface area (Å²) in [6.07, 6.45) is 4.03. The van der Waals surface area contributed by atoms with Crippen LogP contribution >= 0.6 is 0 Å². The van der Waals surface area contributed by atoms with Gasteiger partial charge in [-0.25, -0.2) is 0 Å². The normalized spacial score (nSPS) is 29.5. The average molecular weight is 169 g/mol. The smallest absolute Gasteiger partial charge is 0.0230 e. The summed E-state index contributed by atoms with van der Waals surface area (Å²) in [5.74, 6) is 0.896. The lowest BCUT2D eigenvalue weighted by molar-refractivity contribution is 0.102. The van der Waals surface area contributed by atoms with Crippen LogP contribution in [0.25, 0.3) is 0 Å². The van der Waals surface area contributed by atoms with Crippen molar-refractivity contribution in [1.29, 1.82) is 0 Å². The quantitative estimate of drug-likeness (QED) is 0.628. The van der Waals surface area contributed by atoms with Crippen molar-refractivity contribution in [2.45, 2.75) is 52.5 Å². The molecule has 0 aromatic heterocycles. The van der Waals surface area contributed by atoms with Crippen LogP contribution in [0.15, 0.2) is 0 Å². The Morgan fingerprint density at radius 3 is 2.17 bits per heavy atom. The fraction of sp³-hybridized carbons (Fsp3) is 1.00. The van der Waals surface area contributed by atoms with Crippen LogP contribution in [0.4, 0.5) is 0 Å². The van der Waals surface area contributed by atoms with E-state index in [1.54, 1.807) is 0 Å². The first-order valence-corrected chi connectivity index (χ1v) is 5.46. The predicted molar refractivity (Wildman–Crippen MR) is 54.3 cm³/mol. The van der Waals surface area contributed by atoms with Crippen molar-refractivity contribution in [3.63, 3.8) is 0 Å². The van der Waals surface area contributed by atoms with Crippen LogP contribution in [0, 0.1) is 5.92 Å². The first-order chi connectivity index (χ1) is 5.71. The van der Waals surface area contributed by atoms with Crippen molar-refractivity contribution in [2.75, 3.05) is 13.1 Å². The highest BCUT2D eigenvalue weighted by atomic mass is 15.2. The first-order valence-electron chi connectivity index (χ1n) is 5.46. The zero-order valence-corrected chi connectivity index (χ0v) is 9.06. The van der Waals surface area contributed by atoms with E-state index in [-0.39, 0.29) is 0 Å². The monoisotopic (exact) mass is 169 g/mol. The largest absolute Gasteiger partial charge is 0.298 e. The van der Waals surface area contributed by atoms with Crippen molar-refractivity contribution in [3.8, 4) is 0 Å². The Bertz CT molecular complexity index is 138. The van der Waals surface area contributed by atoms with Crippen molar-refractivity contribution in [2.24, 2.45) is 5.92 Å². The summed E-state index contributed by atoms with van der Waals surface area (Å²) >= 11 is 0. The Balaban J connectivity index is 2.78. The summed E-state index contributed by atoms with van der Waals surface area (Å²) in [4.78, 5) is 2.68. The third-order valence-electron chi connectivity index (χ3n) is 3.99. The number of hydrogen-bond donors (Lipinski definition) is 0. The molecule has 0 radical (unpaired) electrons. The minimum absolute atomic E-state index is 0.536. The molecule has 0 bridgehead atoms. The standard InChI is InChI=1S/C11H23N/c1-5-11(6-2)10(4)8-9-12(11)7-3/h10H,5-9H2,1-4H3. The molecule has 1 fully saturated rings. The maximum atomic E-state index is 2.68. The number of rotatable bonds is 3. The van der Waals surface area contributed by atoms with Gasteiger partial charge in [-0.3, -0.25) is 4.90 Å². The van der Waals surface area contributed by atoms with Gasteiger partial charge in [-0.2, -0.15) is 0 Å². The molecule has 1 saturated heterocycles. The second kappa shape index (κ2) is 3.78. The van der Waals surface area contributed by atoms with E-state index in [0.717, 1.165) is 5.92 Å². The molecule has 1 heterocycles. The second-order valence-electron chi connectivity index (χ2n) is 4.08. The molecular weight excluding hydrogens is 146 g/mol.